The second kappa shape index (κ2) is 4.41. The molecule has 0 aromatic carbocycles. The van der Waals surface area contributed by atoms with E-state index < -0.39 is 6.29 Å². The Kier molecular flexibility index (Phi) is 7.99. The average molecular weight is 275 g/mol. The van der Waals surface area contributed by atoms with Gasteiger partial charge in [-0.05, 0) is 0 Å². The Labute approximate surface area is 46.5 Å². The molecule has 26 valence electrons. The molecule has 0 saturated heterocycles. The van der Waals surface area contributed by atoms with E-state index in [-0.39, 0.29) is 26.2 Å². The molecular weight excluding hydrogens is 275 g/mol. The van der Waals surface area contributed by atoms with E-state index in [0.29, 0.717) is 0 Å². The van der Waals surface area contributed by atoms with Gasteiger partial charge in [-0.15, -0.1) is 8.78 Å². The first kappa shape index (κ1) is 9.05. The second-order valence-corrected chi connectivity index (χ2v) is 0.226. The first-order chi connectivity index (χ1) is 1.73. The summed E-state index contributed by atoms with van der Waals surface area (Å²) in [5, 5.41) is 0. The van der Waals surface area contributed by atoms with Gasteiger partial charge in [0.1, 0.15) is 0 Å². The molecule has 4 heteroatoms. The molecule has 0 aromatic heterocycles. The monoisotopic (exact) mass is 275 g/mol. The molecule has 0 amide bonds. The molecule has 1 nitrogen and oxygen atoms in total. The molecule has 0 aromatic rings. The van der Waals surface area contributed by atoms with Gasteiger partial charge in [-0.3, -0.25) is 0 Å². The van der Waals surface area contributed by atoms with Gasteiger partial charge in [0.05, 0.1) is 0 Å². The Bertz CT molecular complexity index is 32.6. The van der Waals surface area contributed by atoms with Crippen molar-refractivity contribution < 1.29 is 13.6 Å². The van der Waals surface area contributed by atoms with Crippen molar-refractivity contribution in [2.45, 2.75) is 0 Å². The fourth-order valence-electron chi connectivity index (χ4n) is 0. The van der Waals surface area contributed by atoms with Crippen LogP contribution in [-0.4, -0.2) is 32.5 Å². The quantitative estimate of drug-likeness (QED) is 0.469. The van der Waals surface area contributed by atoms with Crippen molar-refractivity contribution in [3.05, 3.63) is 0 Å². The largest absolute Gasteiger partial charge is 3.00 e. The maximum absolute atomic E-state index is 9.69. The summed E-state index contributed by atoms with van der Waals surface area (Å²) in [4.78, 5) is 8.11. The molecule has 0 atom stereocenters. The summed E-state index contributed by atoms with van der Waals surface area (Å²) in [5.74, 6) is 0. The Morgan fingerprint density at radius 2 is 1.40 bits per heavy atom. The van der Waals surface area contributed by atoms with Crippen molar-refractivity contribution in [1.82, 2.24) is 0 Å². The van der Waals surface area contributed by atoms with Crippen LogP contribution in [0.2, 0.25) is 0 Å². The van der Waals surface area contributed by atoms with Gasteiger partial charge in [0.2, 0.25) is 0 Å². The average Bonchev–Trinajstić information content (AvgIpc) is 0.811. The van der Waals surface area contributed by atoms with Crippen LogP contribution in [0.3, 0.4) is 0 Å². The van der Waals surface area contributed by atoms with Gasteiger partial charge in [-0.1, -0.05) is 0 Å². The molecule has 5 heavy (non-hydrogen) atoms. The molecular formula is CBiF2O+3. The molecule has 0 N–H and O–H groups in total. The van der Waals surface area contributed by atoms with Crippen LogP contribution in [-0.2, 0) is 0 Å². The first-order valence-corrected chi connectivity index (χ1v) is 0.582. The third-order valence-corrected chi connectivity index (χ3v) is 0. The smallest absolute Gasteiger partial charge is 0.219 e. The van der Waals surface area contributed by atoms with Gasteiger partial charge in [0.25, 0.3) is 0 Å². The minimum Gasteiger partial charge on any atom is -0.219 e. The molecule has 0 bridgehead atoms. The van der Waals surface area contributed by atoms with E-state index >= 15 is 0 Å². The maximum Gasteiger partial charge on any atom is 3.00 e. The molecule has 0 saturated carbocycles. The van der Waals surface area contributed by atoms with Crippen LogP contribution >= 0.6 is 0 Å². The van der Waals surface area contributed by atoms with Gasteiger partial charge in [-0.2, -0.15) is 0 Å². The van der Waals surface area contributed by atoms with Crippen LogP contribution in [0.4, 0.5) is 13.6 Å². The fraction of sp³-hybridized carbons (Fsp3) is 0. The molecule has 0 aliphatic heterocycles. The summed E-state index contributed by atoms with van der Waals surface area (Å²) >= 11 is 0. The van der Waals surface area contributed by atoms with Gasteiger partial charge < -0.3 is 0 Å². The van der Waals surface area contributed by atoms with Crippen molar-refractivity contribution in [3.63, 3.8) is 0 Å². The minimum atomic E-state index is -2.83. The number of rotatable bonds is 0. The maximum atomic E-state index is 9.69. The van der Waals surface area contributed by atoms with Crippen molar-refractivity contribution in [3.8, 4) is 0 Å². The third-order valence-electron chi connectivity index (χ3n) is 0. The molecule has 0 fully saturated rings. The van der Waals surface area contributed by atoms with Gasteiger partial charge in [-0.25, -0.2) is 4.79 Å². The molecule has 0 spiro atoms. The van der Waals surface area contributed by atoms with Crippen molar-refractivity contribution in [1.29, 1.82) is 0 Å². The van der Waals surface area contributed by atoms with Gasteiger partial charge in [0, 0.05) is 0 Å². The van der Waals surface area contributed by atoms with E-state index in [0.717, 1.165) is 0 Å². The van der Waals surface area contributed by atoms with E-state index in [4.69, 9.17) is 4.79 Å². The predicted octanol–water partition coefficient (Wildman–Crippen LogP) is 0.665. The number of carbonyl (C=O) groups excluding carboxylic acids is 1. The minimum absolute atomic E-state index is 0. The summed E-state index contributed by atoms with van der Waals surface area (Å²) in [5.41, 5.74) is 0. The van der Waals surface area contributed by atoms with Crippen LogP contribution in [0, 0.1) is 0 Å². The normalized spacial score (nSPS) is 5.20. The van der Waals surface area contributed by atoms with Crippen molar-refractivity contribution >= 4 is 32.5 Å². The van der Waals surface area contributed by atoms with Gasteiger partial charge >= 0.3 is 32.5 Å². The topological polar surface area (TPSA) is 17.1 Å². The summed E-state index contributed by atoms with van der Waals surface area (Å²) in [6.45, 7) is 0. The number of halogens is 2. The molecule has 0 unspecified atom stereocenters. The Balaban J connectivity index is 0. The Morgan fingerprint density at radius 3 is 1.40 bits per heavy atom. The summed E-state index contributed by atoms with van der Waals surface area (Å²) in [6.07, 6.45) is -2.83. The predicted molar refractivity (Wildman–Crippen MR) is 13.4 cm³/mol. The summed E-state index contributed by atoms with van der Waals surface area (Å²) < 4.78 is 19.4. The third kappa shape index (κ3) is 151. The van der Waals surface area contributed by atoms with E-state index in [1.807, 2.05) is 0 Å². The number of hydrogen-bond acceptors (Lipinski definition) is 1. The van der Waals surface area contributed by atoms with Crippen LogP contribution in [0.15, 0.2) is 0 Å². The van der Waals surface area contributed by atoms with E-state index in [1.165, 1.54) is 0 Å². The number of hydrogen-bond donors (Lipinski definition) is 0. The molecule has 0 aliphatic carbocycles. The summed E-state index contributed by atoms with van der Waals surface area (Å²) in [7, 11) is 0. The van der Waals surface area contributed by atoms with Crippen molar-refractivity contribution in [2.24, 2.45) is 0 Å². The zero-order chi connectivity index (χ0) is 3.58. The summed E-state index contributed by atoms with van der Waals surface area (Å²) in [6, 6.07) is 0. The van der Waals surface area contributed by atoms with Crippen LogP contribution in [0.25, 0.3) is 0 Å². The molecule has 0 aliphatic rings. The molecule has 0 rings (SSSR count). The van der Waals surface area contributed by atoms with Gasteiger partial charge in [0.15, 0.2) is 0 Å². The molecule has 0 heterocycles. The zero-order valence-corrected chi connectivity index (χ0v) is 5.59. The molecule has 2 radical (unpaired) electrons. The standard InChI is InChI=1S/CF2O.Bi/c2-1(3)4;/q;+3. The number of carbonyl (C=O) groups is 1. The van der Waals surface area contributed by atoms with E-state index in [1.54, 1.807) is 0 Å². The van der Waals surface area contributed by atoms with Crippen LogP contribution < -0.4 is 0 Å². The zero-order valence-electron chi connectivity index (χ0n) is 2.11. The van der Waals surface area contributed by atoms with E-state index in [2.05, 4.69) is 0 Å². The van der Waals surface area contributed by atoms with Crippen LogP contribution in [0.5, 0.6) is 0 Å². The second-order valence-electron chi connectivity index (χ2n) is 0.226. The van der Waals surface area contributed by atoms with Crippen molar-refractivity contribution in [2.75, 3.05) is 0 Å². The Hall–Kier alpha value is 0.413. The SMILES string of the molecule is O=C(F)F.[Bi+3]. The van der Waals surface area contributed by atoms with E-state index in [9.17, 15) is 8.78 Å². The first-order valence-electron chi connectivity index (χ1n) is 0.582. The Morgan fingerprint density at radius 1 is 1.40 bits per heavy atom. The fourth-order valence-corrected chi connectivity index (χ4v) is 0. The van der Waals surface area contributed by atoms with Crippen LogP contribution in [0.1, 0.15) is 0 Å².